The Morgan fingerprint density at radius 3 is 1.80 bits per heavy atom. The second kappa shape index (κ2) is 4.21. The van der Waals surface area contributed by atoms with Crippen molar-refractivity contribution in [3.63, 3.8) is 0 Å². The Morgan fingerprint density at radius 2 is 1.80 bits per heavy atom. The largest absolute Gasteiger partial charge is 0.344 e. The molecule has 0 rings (SSSR count). The number of halogens is 1. The van der Waals surface area contributed by atoms with Crippen LogP contribution < -0.4 is 11.9 Å². The third kappa shape index (κ3) is 466. The lowest BCUT2D eigenvalue weighted by molar-refractivity contribution is 1.03. The number of hydrogen-bond acceptors (Lipinski definition) is 2. The molecule has 0 aliphatic rings. The van der Waals surface area contributed by atoms with Crippen molar-refractivity contribution in [3.8, 4) is 0 Å². The fraction of sp³-hybridized carbons (Fsp3) is 1.00. The highest BCUT2D eigenvalue weighted by molar-refractivity contribution is 6.19. The third-order valence-corrected chi connectivity index (χ3v) is 0. The van der Waals surface area contributed by atoms with E-state index in [2.05, 4.69) is 0 Å². The summed E-state index contributed by atoms with van der Waals surface area (Å²) in [5, 5.41) is 0. The number of alkyl halides is 1. The summed E-state index contributed by atoms with van der Waals surface area (Å²) < 4.78 is 0. The molecule has 0 aliphatic heterocycles. The number of nitrogens with two attached hydrogens (primary N) is 1. The summed E-state index contributed by atoms with van der Waals surface area (Å²) >= 11 is 5.05. The van der Waals surface area contributed by atoms with Crippen LogP contribution in [0.15, 0.2) is 0 Å². The molecule has 0 fully saturated rings. The van der Waals surface area contributed by atoms with Gasteiger partial charge in [-0.1, -0.05) is 0 Å². The summed E-state index contributed by atoms with van der Waals surface area (Å²) in [5.74, 6) is 0. The molecular weight excluding hydrogens is 87.5 g/mol. The van der Waals surface area contributed by atoms with Gasteiger partial charge in [-0.05, 0) is 6.92 Å². The fourth-order valence-electron chi connectivity index (χ4n) is 0. The highest BCUT2D eigenvalue weighted by Gasteiger charge is 1.70. The van der Waals surface area contributed by atoms with E-state index >= 15 is 0 Å². The van der Waals surface area contributed by atoms with Crippen molar-refractivity contribution in [1.29, 1.82) is 0 Å². The van der Waals surface area contributed by atoms with Crippen LogP contribution in [0.1, 0.15) is 6.92 Å². The molecule has 0 bridgehead atoms. The molecule has 0 aromatic heterocycles. The van der Waals surface area contributed by atoms with Crippen LogP contribution in [-0.2, 0) is 0 Å². The zero-order valence-electron chi connectivity index (χ0n) is 3.24. The van der Waals surface area contributed by atoms with Gasteiger partial charge in [0.1, 0.15) is 0 Å². The lowest BCUT2D eigenvalue weighted by Gasteiger charge is -1.78. The monoisotopic (exact) mass is 96.0 g/mol. The summed E-state index contributed by atoms with van der Waals surface area (Å²) in [7, 11) is 0. The maximum Gasteiger partial charge on any atom is 0.0771 e. The van der Waals surface area contributed by atoms with E-state index in [0.29, 0.717) is 0 Å². The standard InChI is InChI=1S/C2H6ClN.H3N/c1-2(3)4;/h2H,4H2,1H3;1H3. The topological polar surface area (TPSA) is 61.0 Å². The molecule has 1 atom stereocenters. The van der Waals surface area contributed by atoms with Crippen molar-refractivity contribution in [3.05, 3.63) is 0 Å². The van der Waals surface area contributed by atoms with E-state index in [9.17, 15) is 0 Å². The van der Waals surface area contributed by atoms with Gasteiger partial charge in [-0.15, -0.1) is 11.6 Å². The number of hydrogen-bond donors (Lipinski definition) is 2. The van der Waals surface area contributed by atoms with Crippen molar-refractivity contribution in [2.45, 2.75) is 12.4 Å². The van der Waals surface area contributed by atoms with E-state index in [0.717, 1.165) is 0 Å². The molecule has 2 nitrogen and oxygen atoms in total. The van der Waals surface area contributed by atoms with Crippen LogP contribution in [0.4, 0.5) is 0 Å². The van der Waals surface area contributed by atoms with Gasteiger partial charge in [-0.25, -0.2) is 0 Å². The van der Waals surface area contributed by atoms with Crippen LogP contribution in [0, 0.1) is 0 Å². The van der Waals surface area contributed by atoms with Gasteiger partial charge in [-0.3, -0.25) is 0 Å². The Kier molecular flexibility index (Phi) is 7.55. The van der Waals surface area contributed by atoms with Crippen molar-refractivity contribution in [2.75, 3.05) is 0 Å². The van der Waals surface area contributed by atoms with E-state index in [4.69, 9.17) is 17.3 Å². The second-order valence-corrected chi connectivity index (χ2v) is 1.37. The molecular formula is C2H9ClN2. The van der Waals surface area contributed by atoms with Gasteiger partial charge >= 0.3 is 0 Å². The summed E-state index contributed by atoms with van der Waals surface area (Å²) in [6, 6.07) is 0. The Bertz CT molecular complexity index is 12.4. The Labute approximate surface area is 36.9 Å². The Hall–Kier alpha value is 0.210. The molecule has 5 N–H and O–H groups in total. The molecule has 0 saturated heterocycles. The molecule has 34 valence electrons. The van der Waals surface area contributed by atoms with Crippen LogP contribution in [0.5, 0.6) is 0 Å². The summed E-state index contributed by atoms with van der Waals surface area (Å²) in [4.78, 5) is 0. The highest BCUT2D eigenvalue weighted by atomic mass is 35.5. The van der Waals surface area contributed by atoms with E-state index in [1.54, 1.807) is 6.92 Å². The van der Waals surface area contributed by atoms with E-state index < -0.39 is 0 Å². The van der Waals surface area contributed by atoms with Crippen LogP contribution in [0.2, 0.25) is 0 Å². The van der Waals surface area contributed by atoms with Crippen LogP contribution in [0.3, 0.4) is 0 Å². The quantitative estimate of drug-likeness (QED) is 0.344. The van der Waals surface area contributed by atoms with E-state index in [1.165, 1.54) is 0 Å². The predicted molar refractivity (Wildman–Crippen MR) is 24.5 cm³/mol. The van der Waals surface area contributed by atoms with Crippen molar-refractivity contribution < 1.29 is 0 Å². The maximum atomic E-state index is 5.05. The molecule has 0 aromatic carbocycles. The van der Waals surface area contributed by atoms with Gasteiger partial charge < -0.3 is 11.9 Å². The minimum Gasteiger partial charge on any atom is -0.344 e. The van der Waals surface area contributed by atoms with Crippen LogP contribution in [0.25, 0.3) is 0 Å². The van der Waals surface area contributed by atoms with Crippen LogP contribution in [-0.4, -0.2) is 5.50 Å². The first-order valence-corrected chi connectivity index (χ1v) is 1.57. The van der Waals surface area contributed by atoms with Crippen molar-refractivity contribution in [2.24, 2.45) is 5.73 Å². The molecule has 0 amide bonds. The summed E-state index contributed by atoms with van der Waals surface area (Å²) in [5.41, 5.74) is 4.68. The van der Waals surface area contributed by atoms with E-state index in [-0.39, 0.29) is 11.7 Å². The molecule has 0 radical (unpaired) electrons. The molecule has 0 aromatic rings. The SMILES string of the molecule is CC(N)Cl.N. The fourth-order valence-corrected chi connectivity index (χ4v) is 0. The van der Waals surface area contributed by atoms with Gasteiger partial charge in [0.05, 0.1) is 5.50 Å². The van der Waals surface area contributed by atoms with Crippen molar-refractivity contribution in [1.82, 2.24) is 6.15 Å². The lowest BCUT2D eigenvalue weighted by atomic mass is 10.8. The van der Waals surface area contributed by atoms with Crippen LogP contribution >= 0.6 is 11.6 Å². The first-order valence-electron chi connectivity index (χ1n) is 1.13. The molecule has 3 heteroatoms. The third-order valence-electron chi connectivity index (χ3n) is 0. The molecule has 0 aliphatic carbocycles. The molecule has 0 spiro atoms. The van der Waals surface area contributed by atoms with Gasteiger partial charge in [0.15, 0.2) is 0 Å². The first kappa shape index (κ1) is 8.96. The number of rotatable bonds is 0. The zero-order valence-corrected chi connectivity index (χ0v) is 4.00. The zero-order chi connectivity index (χ0) is 3.58. The first-order chi connectivity index (χ1) is 1.73. The summed E-state index contributed by atoms with van der Waals surface area (Å²) in [6.07, 6.45) is 0. The van der Waals surface area contributed by atoms with E-state index in [1.807, 2.05) is 0 Å². The summed E-state index contributed by atoms with van der Waals surface area (Å²) in [6.45, 7) is 1.71. The average Bonchev–Trinajstić information content (AvgIpc) is 0.811. The lowest BCUT2D eigenvalue weighted by Crippen LogP contribution is -2.03. The normalized spacial score (nSPS) is 12.6. The van der Waals surface area contributed by atoms with Gasteiger partial charge in [0.2, 0.25) is 0 Å². The molecule has 0 heterocycles. The van der Waals surface area contributed by atoms with Crippen molar-refractivity contribution >= 4 is 11.6 Å². The highest BCUT2D eigenvalue weighted by Crippen LogP contribution is 1.74. The van der Waals surface area contributed by atoms with Gasteiger partial charge in [0.25, 0.3) is 0 Å². The molecule has 1 unspecified atom stereocenters. The molecule has 5 heavy (non-hydrogen) atoms. The minimum absolute atomic E-state index is 0. The minimum atomic E-state index is -0.194. The second-order valence-electron chi connectivity index (χ2n) is 0.678. The van der Waals surface area contributed by atoms with Gasteiger partial charge in [0, 0.05) is 0 Å². The van der Waals surface area contributed by atoms with Gasteiger partial charge in [-0.2, -0.15) is 0 Å². The Morgan fingerprint density at radius 1 is 1.80 bits per heavy atom. The maximum absolute atomic E-state index is 5.05. The smallest absolute Gasteiger partial charge is 0.0771 e. The average molecular weight is 96.6 g/mol. The Balaban J connectivity index is 0. The predicted octanol–water partition coefficient (Wildman–Crippen LogP) is 0.692. The molecule has 0 saturated carbocycles.